The maximum absolute atomic E-state index is 12.5. The number of nitrogens with two attached hydrogens (primary N) is 1. The molecule has 0 bridgehead atoms. The molecule has 1 fully saturated rings. The molecular formula is C20H23N5OS. The highest BCUT2D eigenvalue weighted by Crippen LogP contribution is 2.29. The van der Waals surface area contributed by atoms with Crippen molar-refractivity contribution in [3.63, 3.8) is 0 Å². The summed E-state index contributed by atoms with van der Waals surface area (Å²) in [5.41, 5.74) is 7.87. The number of hydrogen-bond acceptors (Lipinski definition) is 5. The number of rotatable bonds is 5. The Labute approximate surface area is 162 Å². The van der Waals surface area contributed by atoms with E-state index < -0.39 is 0 Å². The third-order valence-corrected chi connectivity index (χ3v) is 6.11. The summed E-state index contributed by atoms with van der Waals surface area (Å²) in [6.45, 7) is 0.930. The number of carbonyl (C=O) groups excluding carboxylic acids is 1. The van der Waals surface area contributed by atoms with Gasteiger partial charge in [-0.2, -0.15) is 0 Å². The van der Waals surface area contributed by atoms with E-state index in [9.17, 15) is 4.79 Å². The maximum atomic E-state index is 12.5. The van der Waals surface area contributed by atoms with Gasteiger partial charge in [-0.05, 0) is 43.0 Å². The van der Waals surface area contributed by atoms with Crippen LogP contribution in [0.1, 0.15) is 41.8 Å². The number of nitrogens with zero attached hydrogens (tertiary/aromatic N) is 3. The van der Waals surface area contributed by atoms with Gasteiger partial charge in [-0.25, -0.2) is 0 Å². The Morgan fingerprint density at radius 3 is 2.81 bits per heavy atom. The van der Waals surface area contributed by atoms with E-state index in [0.717, 1.165) is 17.1 Å². The fraction of sp³-hybridized carbons (Fsp3) is 0.350. The Kier molecular flexibility index (Phi) is 5.20. The van der Waals surface area contributed by atoms with Crippen LogP contribution in [0.2, 0.25) is 0 Å². The zero-order valence-corrected chi connectivity index (χ0v) is 15.9. The predicted molar refractivity (Wildman–Crippen MR) is 109 cm³/mol. The lowest BCUT2D eigenvalue weighted by molar-refractivity contribution is 0.103. The molecule has 6 nitrogen and oxygen atoms in total. The number of nitrogen functional groups attached to an aromatic ring is 1. The normalized spacial score (nSPS) is 15.0. The minimum atomic E-state index is -0.168. The van der Waals surface area contributed by atoms with E-state index >= 15 is 0 Å². The number of para-hydroxylation sites is 2. The number of carbonyl (C=O) groups is 1. The number of nitrogens with one attached hydrogen (secondary N) is 1. The van der Waals surface area contributed by atoms with E-state index in [0.29, 0.717) is 22.2 Å². The van der Waals surface area contributed by atoms with E-state index in [1.165, 1.54) is 43.4 Å². The molecule has 0 radical (unpaired) electrons. The minimum Gasteiger partial charge on any atom is -0.397 e. The second-order valence-electron chi connectivity index (χ2n) is 7.04. The molecule has 0 aliphatic heterocycles. The molecule has 27 heavy (non-hydrogen) atoms. The molecule has 1 aliphatic rings. The van der Waals surface area contributed by atoms with Gasteiger partial charge in [0.1, 0.15) is 5.69 Å². The summed E-state index contributed by atoms with van der Waals surface area (Å²) in [6, 6.07) is 11.0. The van der Waals surface area contributed by atoms with Crippen molar-refractivity contribution in [3.8, 4) is 10.6 Å². The summed E-state index contributed by atoms with van der Waals surface area (Å²) < 4.78 is 1.94. The Morgan fingerprint density at radius 2 is 2.00 bits per heavy atom. The molecular weight excluding hydrogens is 358 g/mol. The van der Waals surface area contributed by atoms with Crippen LogP contribution in [-0.2, 0) is 6.54 Å². The molecule has 3 N–H and O–H groups in total. The molecule has 0 spiro atoms. The fourth-order valence-electron chi connectivity index (χ4n) is 3.53. The van der Waals surface area contributed by atoms with E-state index in [2.05, 4.69) is 15.6 Å². The number of anilines is 2. The SMILES string of the molecule is Nc1ccccc1NC(=O)c1ccc(-c2cn(CC3CCCCC3)nn2)s1. The van der Waals surface area contributed by atoms with Gasteiger partial charge >= 0.3 is 0 Å². The molecule has 140 valence electrons. The molecule has 1 saturated carbocycles. The number of thiophene rings is 1. The van der Waals surface area contributed by atoms with Crippen LogP contribution in [0.4, 0.5) is 11.4 Å². The van der Waals surface area contributed by atoms with Crippen molar-refractivity contribution >= 4 is 28.6 Å². The first-order valence-electron chi connectivity index (χ1n) is 9.35. The maximum Gasteiger partial charge on any atom is 0.265 e. The van der Waals surface area contributed by atoms with Gasteiger partial charge in [0, 0.05) is 6.54 Å². The van der Waals surface area contributed by atoms with Crippen LogP contribution in [0.5, 0.6) is 0 Å². The lowest BCUT2D eigenvalue weighted by Crippen LogP contribution is -2.14. The Morgan fingerprint density at radius 1 is 1.19 bits per heavy atom. The lowest BCUT2D eigenvalue weighted by atomic mass is 9.89. The molecule has 2 aromatic heterocycles. The van der Waals surface area contributed by atoms with Crippen molar-refractivity contribution in [3.05, 3.63) is 47.5 Å². The van der Waals surface area contributed by atoms with E-state index in [1.54, 1.807) is 12.1 Å². The third-order valence-electron chi connectivity index (χ3n) is 5.00. The zero-order chi connectivity index (χ0) is 18.6. The quantitative estimate of drug-likeness (QED) is 0.641. The highest BCUT2D eigenvalue weighted by atomic mass is 32.1. The topological polar surface area (TPSA) is 85.8 Å². The van der Waals surface area contributed by atoms with E-state index in [1.807, 2.05) is 35.1 Å². The van der Waals surface area contributed by atoms with E-state index in [4.69, 9.17) is 5.73 Å². The molecule has 3 aromatic rings. The van der Waals surface area contributed by atoms with Crippen LogP contribution >= 0.6 is 11.3 Å². The molecule has 0 atom stereocenters. The summed E-state index contributed by atoms with van der Waals surface area (Å²) in [5, 5.41) is 11.4. The largest absolute Gasteiger partial charge is 0.397 e. The Balaban J connectivity index is 1.43. The van der Waals surface area contributed by atoms with Gasteiger partial charge in [-0.1, -0.05) is 36.6 Å². The summed E-state index contributed by atoms with van der Waals surface area (Å²) in [4.78, 5) is 14.0. The number of benzene rings is 1. The third kappa shape index (κ3) is 4.19. The van der Waals surface area contributed by atoms with Crippen molar-refractivity contribution in [2.24, 2.45) is 5.92 Å². The summed E-state index contributed by atoms with van der Waals surface area (Å²) in [7, 11) is 0. The zero-order valence-electron chi connectivity index (χ0n) is 15.1. The second kappa shape index (κ2) is 7.92. The number of hydrogen-bond donors (Lipinski definition) is 2. The van der Waals surface area contributed by atoms with Crippen LogP contribution in [0.15, 0.2) is 42.6 Å². The average molecular weight is 382 g/mol. The van der Waals surface area contributed by atoms with Crippen molar-refractivity contribution in [1.29, 1.82) is 0 Å². The van der Waals surface area contributed by atoms with Crippen molar-refractivity contribution in [2.45, 2.75) is 38.6 Å². The Hall–Kier alpha value is -2.67. The van der Waals surface area contributed by atoms with Crippen LogP contribution in [0.3, 0.4) is 0 Å². The molecule has 1 amide bonds. The molecule has 0 unspecified atom stereocenters. The monoisotopic (exact) mass is 381 g/mol. The molecule has 1 aromatic carbocycles. The van der Waals surface area contributed by atoms with Crippen LogP contribution in [0.25, 0.3) is 10.6 Å². The van der Waals surface area contributed by atoms with Crippen molar-refractivity contribution < 1.29 is 4.79 Å². The minimum absolute atomic E-state index is 0.168. The Bertz CT molecular complexity index is 926. The fourth-order valence-corrected chi connectivity index (χ4v) is 4.38. The van der Waals surface area contributed by atoms with Crippen LogP contribution < -0.4 is 11.1 Å². The van der Waals surface area contributed by atoms with Crippen molar-refractivity contribution in [2.75, 3.05) is 11.1 Å². The number of aromatic nitrogens is 3. The van der Waals surface area contributed by atoms with Gasteiger partial charge < -0.3 is 11.1 Å². The standard InChI is InChI=1S/C20H23N5OS/c21-15-8-4-5-9-16(15)22-20(26)19-11-10-18(27-19)17-13-25(24-23-17)12-14-6-2-1-3-7-14/h4-5,8-11,13-14H,1-3,6-7,12,21H2,(H,22,26). The highest BCUT2D eigenvalue weighted by molar-refractivity contribution is 7.17. The van der Waals surface area contributed by atoms with Crippen LogP contribution in [0, 0.1) is 5.92 Å². The van der Waals surface area contributed by atoms with Gasteiger partial charge in [-0.15, -0.1) is 16.4 Å². The van der Waals surface area contributed by atoms with Crippen molar-refractivity contribution in [1.82, 2.24) is 15.0 Å². The van der Waals surface area contributed by atoms with E-state index in [-0.39, 0.29) is 5.91 Å². The van der Waals surface area contributed by atoms with Gasteiger partial charge in [0.2, 0.25) is 0 Å². The van der Waals surface area contributed by atoms with Crippen LogP contribution in [-0.4, -0.2) is 20.9 Å². The summed E-state index contributed by atoms with van der Waals surface area (Å²) in [6.07, 6.45) is 8.54. The lowest BCUT2D eigenvalue weighted by Gasteiger charge is -2.20. The smallest absolute Gasteiger partial charge is 0.265 e. The summed E-state index contributed by atoms with van der Waals surface area (Å²) >= 11 is 1.41. The molecule has 1 aliphatic carbocycles. The average Bonchev–Trinajstić information content (AvgIpc) is 3.34. The van der Waals surface area contributed by atoms with Gasteiger partial charge in [0.15, 0.2) is 0 Å². The first-order valence-corrected chi connectivity index (χ1v) is 10.2. The highest BCUT2D eigenvalue weighted by Gasteiger charge is 2.17. The molecule has 0 saturated heterocycles. The second-order valence-corrected chi connectivity index (χ2v) is 8.12. The molecule has 2 heterocycles. The van der Waals surface area contributed by atoms with Gasteiger partial charge in [0.05, 0.1) is 27.3 Å². The first kappa shape index (κ1) is 17.7. The first-order chi connectivity index (χ1) is 13.2. The van der Waals surface area contributed by atoms with Gasteiger partial charge in [0.25, 0.3) is 5.91 Å². The number of amides is 1. The molecule has 4 rings (SSSR count). The summed E-state index contributed by atoms with van der Waals surface area (Å²) in [5.74, 6) is 0.535. The predicted octanol–water partition coefficient (Wildman–Crippen LogP) is 4.42. The van der Waals surface area contributed by atoms with Gasteiger partial charge in [-0.3, -0.25) is 9.48 Å². The molecule has 7 heteroatoms.